The van der Waals surface area contributed by atoms with Gasteiger partial charge >= 0.3 is 16.5 Å². The molecule has 0 heterocycles. The lowest BCUT2D eigenvalue weighted by Crippen LogP contribution is -2.17. The SMILES string of the molecule is COCCc1ccc(OS(=O)(=O)c2ccc(OC(F)(F)F)cc2)cc1. The summed E-state index contributed by atoms with van der Waals surface area (Å²) in [6.07, 6.45) is -4.17. The fourth-order valence-electron chi connectivity index (χ4n) is 1.91. The molecule has 0 unspecified atom stereocenters. The standard InChI is InChI=1S/C16H15F3O5S/c1-22-11-10-12-2-4-14(5-3-12)24-25(20,21)15-8-6-13(7-9-15)23-16(17,18)19/h2-9H,10-11H2,1H3. The molecule has 0 aliphatic carbocycles. The number of hydrogen-bond acceptors (Lipinski definition) is 5. The van der Waals surface area contributed by atoms with E-state index >= 15 is 0 Å². The van der Waals surface area contributed by atoms with Gasteiger partial charge in [0.2, 0.25) is 0 Å². The van der Waals surface area contributed by atoms with Gasteiger partial charge in [0, 0.05) is 7.11 Å². The molecule has 0 N–H and O–H groups in total. The molecule has 0 fully saturated rings. The molecule has 0 radical (unpaired) electrons. The van der Waals surface area contributed by atoms with E-state index in [2.05, 4.69) is 4.74 Å². The summed E-state index contributed by atoms with van der Waals surface area (Å²) in [6, 6.07) is 10.1. The highest BCUT2D eigenvalue weighted by Gasteiger charge is 2.31. The molecule has 0 saturated heterocycles. The summed E-state index contributed by atoms with van der Waals surface area (Å²) in [5, 5.41) is 0. The lowest BCUT2D eigenvalue weighted by molar-refractivity contribution is -0.274. The van der Waals surface area contributed by atoms with Gasteiger partial charge in [-0.2, -0.15) is 8.42 Å². The molecule has 0 amide bonds. The van der Waals surface area contributed by atoms with E-state index in [1.807, 2.05) is 0 Å². The third-order valence-electron chi connectivity index (χ3n) is 3.07. The second kappa shape index (κ2) is 7.75. The highest BCUT2D eigenvalue weighted by atomic mass is 32.2. The molecule has 2 aromatic carbocycles. The summed E-state index contributed by atoms with van der Waals surface area (Å²) in [5.74, 6) is -0.425. The number of halogens is 3. The van der Waals surface area contributed by atoms with Gasteiger partial charge in [0.25, 0.3) is 0 Å². The fraction of sp³-hybridized carbons (Fsp3) is 0.250. The predicted molar refractivity (Wildman–Crippen MR) is 83.0 cm³/mol. The lowest BCUT2D eigenvalue weighted by Gasteiger charge is -2.10. The van der Waals surface area contributed by atoms with Crippen LogP contribution < -0.4 is 8.92 Å². The lowest BCUT2D eigenvalue weighted by atomic mass is 10.1. The Hall–Kier alpha value is -2.26. The molecule has 0 spiro atoms. The first kappa shape index (κ1) is 19.1. The molecule has 2 aromatic rings. The van der Waals surface area contributed by atoms with Crippen molar-refractivity contribution in [3.8, 4) is 11.5 Å². The summed E-state index contributed by atoms with van der Waals surface area (Å²) < 4.78 is 74.2. The van der Waals surface area contributed by atoms with Gasteiger partial charge in [-0.05, 0) is 48.4 Å². The molecule has 136 valence electrons. The van der Waals surface area contributed by atoms with Gasteiger partial charge in [0.1, 0.15) is 16.4 Å². The molecular weight excluding hydrogens is 361 g/mol. The van der Waals surface area contributed by atoms with Crippen molar-refractivity contribution in [2.75, 3.05) is 13.7 Å². The largest absolute Gasteiger partial charge is 0.573 e. The van der Waals surface area contributed by atoms with Gasteiger partial charge in [0.15, 0.2) is 0 Å². The molecule has 5 nitrogen and oxygen atoms in total. The van der Waals surface area contributed by atoms with Gasteiger partial charge in [-0.1, -0.05) is 12.1 Å². The zero-order valence-electron chi connectivity index (χ0n) is 13.1. The van der Waals surface area contributed by atoms with Crippen molar-refractivity contribution in [1.82, 2.24) is 0 Å². The van der Waals surface area contributed by atoms with E-state index in [0.717, 1.165) is 29.8 Å². The Kier molecular flexibility index (Phi) is 5.91. The third kappa shape index (κ3) is 5.95. The Balaban J connectivity index is 2.08. The minimum absolute atomic E-state index is 0.0942. The first-order valence-electron chi connectivity index (χ1n) is 7.08. The van der Waals surface area contributed by atoms with Crippen LogP contribution in [0.25, 0.3) is 0 Å². The molecule has 0 saturated carbocycles. The van der Waals surface area contributed by atoms with E-state index in [9.17, 15) is 21.6 Å². The zero-order chi connectivity index (χ0) is 18.5. The molecule has 0 aliphatic heterocycles. The van der Waals surface area contributed by atoms with Crippen molar-refractivity contribution in [2.45, 2.75) is 17.7 Å². The first-order valence-corrected chi connectivity index (χ1v) is 8.48. The van der Waals surface area contributed by atoms with E-state index in [1.165, 1.54) is 12.1 Å². The number of ether oxygens (including phenoxy) is 2. The maximum Gasteiger partial charge on any atom is 0.573 e. The second-order valence-electron chi connectivity index (χ2n) is 4.94. The van der Waals surface area contributed by atoms with Gasteiger partial charge < -0.3 is 13.7 Å². The minimum atomic E-state index is -4.85. The zero-order valence-corrected chi connectivity index (χ0v) is 13.9. The van der Waals surface area contributed by atoms with Crippen LogP contribution in [0.5, 0.6) is 11.5 Å². The Morgan fingerprint density at radius 1 is 0.920 bits per heavy atom. The molecule has 2 rings (SSSR count). The van der Waals surface area contributed by atoms with Crippen molar-refractivity contribution in [3.63, 3.8) is 0 Å². The van der Waals surface area contributed by atoms with Crippen LogP contribution in [0.15, 0.2) is 53.4 Å². The number of rotatable bonds is 7. The smallest absolute Gasteiger partial charge is 0.406 e. The molecular formula is C16H15F3O5S. The van der Waals surface area contributed by atoms with E-state index in [-0.39, 0.29) is 10.6 Å². The van der Waals surface area contributed by atoms with E-state index < -0.39 is 22.2 Å². The predicted octanol–water partition coefficient (Wildman–Crippen LogP) is 3.54. The average Bonchev–Trinajstić information content (AvgIpc) is 2.53. The summed E-state index contributed by atoms with van der Waals surface area (Å²) in [6.45, 7) is 0.533. The van der Waals surface area contributed by atoms with Crippen LogP contribution in [0.1, 0.15) is 5.56 Å². The second-order valence-corrected chi connectivity index (χ2v) is 6.49. The van der Waals surface area contributed by atoms with E-state index in [4.69, 9.17) is 8.92 Å². The summed E-state index contributed by atoms with van der Waals surface area (Å²) in [4.78, 5) is -0.287. The molecule has 25 heavy (non-hydrogen) atoms. The highest BCUT2D eigenvalue weighted by molar-refractivity contribution is 7.87. The highest BCUT2D eigenvalue weighted by Crippen LogP contribution is 2.25. The van der Waals surface area contributed by atoms with Gasteiger partial charge in [-0.15, -0.1) is 13.2 Å². The minimum Gasteiger partial charge on any atom is -0.406 e. The van der Waals surface area contributed by atoms with Crippen LogP contribution in [-0.4, -0.2) is 28.5 Å². The maximum atomic E-state index is 12.1. The monoisotopic (exact) mass is 376 g/mol. The maximum absolute atomic E-state index is 12.1. The van der Waals surface area contributed by atoms with Crippen molar-refractivity contribution < 1.29 is 35.2 Å². The Morgan fingerprint density at radius 2 is 1.48 bits per heavy atom. The van der Waals surface area contributed by atoms with Crippen LogP contribution in [0.2, 0.25) is 0 Å². The average molecular weight is 376 g/mol. The number of methoxy groups -OCH3 is 1. The summed E-state index contributed by atoms with van der Waals surface area (Å²) >= 11 is 0. The van der Waals surface area contributed by atoms with Crippen molar-refractivity contribution in [1.29, 1.82) is 0 Å². The van der Waals surface area contributed by atoms with Crippen LogP contribution in [0.4, 0.5) is 13.2 Å². The van der Waals surface area contributed by atoms with Crippen molar-refractivity contribution in [2.24, 2.45) is 0 Å². The Bertz CT molecular complexity index is 784. The number of hydrogen-bond donors (Lipinski definition) is 0. The van der Waals surface area contributed by atoms with Crippen LogP contribution in [0.3, 0.4) is 0 Å². The number of alkyl halides is 3. The van der Waals surface area contributed by atoms with Crippen molar-refractivity contribution in [3.05, 3.63) is 54.1 Å². The summed E-state index contributed by atoms with van der Waals surface area (Å²) in [7, 11) is -2.59. The van der Waals surface area contributed by atoms with Crippen LogP contribution >= 0.6 is 0 Å². The quantitative estimate of drug-likeness (QED) is 0.692. The number of benzene rings is 2. The Labute approximate surface area is 143 Å². The van der Waals surface area contributed by atoms with Crippen LogP contribution in [-0.2, 0) is 21.3 Å². The normalized spacial score (nSPS) is 12.0. The molecule has 0 atom stereocenters. The van der Waals surface area contributed by atoms with Gasteiger partial charge in [-0.3, -0.25) is 0 Å². The molecule has 0 aliphatic rings. The molecule has 0 aromatic heterocycles. The van der Waals surface area contributed by atoms with E-state index in [0.29, 0.717) is 13.0 Å². The summed E-state index contributed by atoms with van der Waals surface area (Å²) in [5.41, 5.74) is 0.945. The topological polar surface area (TPSA) is 61.8 Å². The molecule has 0 bridgehead atoms. The molecule has 9 heteroatoms. The Morgan fingerprint density at radius 3 is 2.00 bits per heavy atom. The fourth-order valence-corrected chi connectivity index (χ4v) is 2.84. The van der Waals surface area contributed by atoms with Crippen molar-refractivity contribution >= 4 is 10.1 Å². The first-order chi connectivity index (χ1) is 11.7. The van der Waals surface area contributed by atoms with Crippen LogP contribution in [0, 0.1) is 0 Å². The van der Waals surface area contributed by atoms with Gasteiger partial charge in [-0.25, -0.2) is 0 Å². The van der Waals surface area contributed by atoms with E-state index in [1.54, 1.807) is 19.2 Å². The third-order valence-corrected chi connectivity index (χ3v) is 4.33. The van der Waals surface area contributed by atoms with Gasteiger partial charge in [0.05, 0.1) is 6.61 Å².